The van der Waals surface area contributed by atoms with E-state index in [4.69, 9.17) is 18.1 Å². The summed E-state index contributed by atoms with van der Waals surface area (Å²) in [4.78, 5) is 12.6. The summed E-state index contributed by atoms with van der Waals surface area (Å²) in [5, 5.41) is -0.0196. The molecule has 0 aromatic heterocycles. The minimum atomic E-state index is -3.85. The van der Waals surface area contributed by atoms with Gasteiger partial charge in [0, 0.05) is 6.42 Å². The summed E-state index contributed by atoms with van der Waals surface area (Å²) >= 11 is 0. The third-order valence-corrected chi connectivity index (χ3v) is 11.8. The molecule has 7 nitrogen and oxygen atoms in total. The van der Waals surface area contributed by atoms with Gasteiger partial charge in [0.1, 0.15) is 11.7 Å². The van der Waals surface area contributed by atoms with Gasteiger partial charge in [-0.15, -0.1) is 0 Å². The zero-order valence-electron chi connectivity index (χ0n) is 21.4. The minimum absolute atomic E-state index is 0.0196. The first-order valence-electron chi connectivity index (χ1n) is 11.4. The minimum Gasteiger partial charge on any atom is -0.460 e. The number of aryl methyl sites for hydroxylation is 1. The van der Waals surface area contributed by atoms with Gasteiger partial charge in [-0.3, -0.25) is 8.98 Å². The van der Waals surface area contributed by atoms with E-state index in [1.165, 1.54) is 12.1 Å². The second-order valence-corrected chi connectivity index (χ2v) is 17.7. The summed E-state index contributed by atoms with van der Waals surface area (Å²) in [6.07, 6.45) is -0.349. The van der Waals surface area contributed by atoms with Gasteiger partial charge in [-0.2, -0.15) is 8.42 Å². The summed E-state index contributed by atoms with van der Waals surface area (Å²) in [7, 11) is -5.99. The first kappa shape index (κ1) is 28.0. The molecule has 9 heteroatoms. The van der Waals surface area contributed by atoms with Crippen molar-refractivity contribution in [3.05, 3.63) is 29.8 Å². The Kier molecular flexibility index (Phi) is 8.61. The zero-order chi connectivity index (χ0) is 25.2. The Morgan fingerprint density at radius 1 is 1.06 bits per heavy atom. The maximum atomic E-state index is 12.5. The largest absolute Gasteiger partial charge is 0.460 e. The Morgan fingerprint density at radius 2 is 1.64 bits per heavy atom. The van der Waals surface area contributed by atoms with Crippen LogP contribution in [0.4, 0.5) is 0 Å². The SMILES string of the molecule is Cc1ccc(S(=O)(=O)OC[C@@H]2O[C@H]2CC(CC(=O)OC(C)(C)C)O[Si](C)(C)C(C)(C)C)cc1. The predicted octanol–water partition coefficient (Wildman–Crippen LogP) is 4.98. The number of rotatable bonds is 10. The van der Waals surface area contributed by atoms with Gasteiger partial charge in [0.15, 0.2) is 8.32 Å². The van der Waals surface area contributed by atoms with Crippen LogP contribution in [-0.4, -0.2) is 53.2 Å². The van der Waals surface area contributed by atoms with E-state index >= 15 is 0 Å². The molecule has 1 aromatic carbocycles. The molecule has 1 fully saturated rings. The highest BCUT2D eigenvalue weighted by atomic mass is 32.2. The molecule has 1 unspecified atom stereocenters. The molecule has 0 amide bonds. The van der Waals surface area contributed by atoms with E-state index in [0.717, 1.165) is 5.56 Å². The topological polar surface area (TPSA) is 91.4 Å². The number of hydrogen-bond donors (Lipinski definition) is 0. The third-order valence-electron chi connectivity index (χ3n) is 5.96. The number of hydrogen-bond acceptors (Lipinski definition) is 7. The number of epoxide rings is 1. The molecule has 0 bridgehead atoms. The first-order valence-corrected chi connectivity index (χ1v) is 15.7. The number of carbonyl (C=O) groups excluding carboxylic acids is 1. The lowest BCUT2D eigenvalue weighted by Gasteiger charge is -2.39. The smallest absolute Gasteiger partial charge is 0.308 e. The number of benzene rings is 1. The molecule has 0 aliphatic carbocycles. The Balaban J connectivity index is 1.98. The van der Waals surface area contributed by atoms with Gasteiger partial charge < -0.3 is 13.9 Å². The van der Waals surface area contributed by atoms with E-state index in [1.807, 2.05) is 27.7 Å². The molecule has 1 aromatic rings. The van der Waals surface area contributed by atoms with E-state index in [-0.39, 0.29) is 47.2 Å². The third kappa shape index (κ3) is 8.79. The van der Waals surface area contributed by atoms with Crippen LogP contribution in [0.25, 0.3) is 0 Å². The second kappa shape index (κ2) is 10.2. The van der Waals surface area contributed by atoms with E-state index in [0.29, 0.717) is 6.42 Å². The van der Waals surface area contributed by atoms with Crippen molar-refractivity contribution < 1.29 is 31.3 Å². The van der Waals surface area contributed by atoms with Gasteiger partial charge in [0.2, 0.25) is 0 Å². The van der Waals surface area contributed by atoms with Crippen LogP contribution in [0.1, 0.15) is 59.9 Å². The van der Waals surface area contributed by atoms with Crippen LogP contribution in [0.2, 0.25) is 18.1 Å². The van der Waals surface area contributed by atoms with Crippen LogP contribution in [0, 0.1) is 6.92 Å². The Bertz CT molecular complexity index is 912. The lowest BCUT2D eigenvalue weighted by molar-refractivity contribution is -0.156. The Hall–Kier alpha value is -1.26. The fourth-order valence-corrected chi connectivity index (χ4v) is 5.34. The lowest BCUT2D eigenvalue weighted by Crippen LogP contribution is -2.45. The Labute approximate surface area is 200 Å². The van der Waals surface area contributed by atoms with Crippen molar-refractivity contribution in [1.82, 2.24) is 0 Å². The zero-order valence-corrected chi connectivity index (χ0v) is 23.2. The lowest BCUT2D eigenvalue weighted by atomic mass is 10.1. The van der Waals surface area contributed by atoms with Crippen LogP contribution in [0.3, 0.4) is 0 Å². The Morgan fingerprint density at radius 3 is 2.15 bits per heavy atom. The molecule has 0 N–H and O–H groups in total. The fourth-order valence-electron chi connectivity index (χ4n) is 3.06. The van der Waals surface area contributed by atoms with Crippen molar-refractivity contribution in [3.63, 3.8) is 0 Å². The van der Waals surface area contributed by atoms with E-state index in [9.17, 15) is 13.2 Å². The van der Waals surface area contributed by atoms with Crippen LogP contribution < -0.4 is 0 Å². The molecule has 0 radical (unpaired) electrons. The fraction of sp³-hybridized carbons (Fsp3) is 0.708. The second-order valence-electron chi connectivity index (χ2n) is 11.3. The molecule has 33 heavy (non-hydrogen) atoms. The van der Waals surface area contributed by atoms with E-state index in [1.54, 1.807) is 12.1 Å². The molecule has 1 aliphatic rings. The van der Waals surface area contributed by atoms with Crippen molar-refractivity contribution in [1.29, 1.82) is 0 Å². The van der Waals surface area contributed by atoms with Crippen molar-refractivity contribution in [2.75, 3.05) is 6.61 Å². The molecular formula is C24H40O7SSi. The standard InChI is InChI=1S/C24H40O7SSi/c1-17-10-12-19(13-11-17)32(26,27)28-16-21-20(29-21)14-18(15-22(25)30-23(2,3)4)31-33(8,9)24(5,6)7/h10-13,18,20-21H,14-16H2,1-9H3/t18?,20-,21-/m0/s1. The van der Waals surface area contributed by atoms with Crippen molar-refractivity contribution in [2.45, 2.75) is 108 Å². The number of ether oxygens (including phenoxy) is 2. The van der Waals surface area contributed by atoms with Crippen molar-refractivity contribution >= 4 is 24.4 Å². The molecule has 2 rings (SSSR count). The highest BCUT2D eigenvalue weighted by molar-refractivity contribution is 7.86. The van der Waals surface area contributed by atoms with Crippen molar-refractivity contribution in [3.8, 4) is 0 Å². The van der Waals surface area contributed by atoms with Crippen LogP contribution in [0.15, 0.2) is 29.2 Å². The predicted molar refractivity (Wildman–Crippen MR) is 130 cm³/mol. The maximum absolute atomic E-state index is 12.5. The summed E-state index contributed by atoms with van der Waals surface area (Å²) in [6, 6.07) is 6.51. The molecule has 188 valence electrons. The first-order chi connectivity index (χ1) is 14.9. The molecule has 3 atom stereocenters. The summed E-state index contributed by atoms with van der Waals surface area (Å²) < 4.78 is 47.7. The average Bonchev–Trinajstić information content (AvgIpc) is 3.35. The van der Waals surface area contributed by atoms with Gasteiger partial charge in [0.25, 0.3) is 10.1 Å². The quantitative estimate of drug-likeness (QED) is 0.194. The summed E-state index contributed by atoms with van der Waals surface area (Å²) in [5.74, 6) is -0.318. The molecule has 0 saturated carbocycles. The molecule has 0 spiro atoms. The van der Waals surface area contributed by atoms with Crippen LogP contribution in [-0.2, 0) is 33.0 Å². The molecular weight excluding hydrogens is 460 g/mol. The normalized spacial score (nSPS) is 20.4. The van der Waals surface area contributed by atoms with E-state index < -0.39 is 24.0 Å². The van der Waals surface area contributed by atoms with Gasteiger partial charge in [-0.25, -0.2) is 0 Å². The van der Waals surface area contributed by atoms with E-state index in [2.05, 4.69) is 33.9 Å². The summed E-state index contributed by atoms with van der Waals surface area (Å²) in [5.41, 5.74) is 0.396. The molecule has 1 saturated heterocycles. The number of esters is 1. The van der Waals surface area contributed by atoms with Gasteiger partial charge in [-0.05, 0) is 58.0 Å². The number of carbonyl (C=O) groups is 1. The van der Waals surface area contributed by atoms with Gasteiger partial charge in [-0.1, -0.05) is 38.5 Å². The van der Waals surface area contributed by atoms with Crippen molar-refractivity contribution in [2.24, 2.45) is 0 Å². The maximum Gasteiger partial charge on any atom is 0.308 e. The van der Waals surface area contributed by atoms with Gasteiger partial charge in [0.05, 0.1) is 30.1 Å². The molecule has 1 aliphatic heterocycles. The highest BCUT2D eigenvalue weighted by Crippen LogP contribution is 2.39. The summed E-state index contributed by atoms with van der Waals surface area (Å²) in [6.45, 7) is 18.0. The molecule has 1 heterocycles. The highest BCUT2D eigenvalue weighted by Gasteiger charge is 2.45. The van der Waals surface area contributed by atoms with Crippen LogP contribution in [0.5, 0.6) is 0 Å². The van der Waals surface area contributed by atoms with Gasteiger partial charge >= 0.3 is 5.97 Å². The van der Waals surface area contributed by atoms with Crippen LogP contribution >= 0.6 is 0 Å². The monoisotopic (exact) mass is 500 g/mol. The average molecular weight is 501 g/mol.